The SMILES string of the molecule is CCN(CC)c1ccc(NCCC(=O)NCCc2ccc(F)cc2)c(C)c1. The molecular formula is C22H30FN3O. The van der Waals surface area contributed by atoms with E-state index in [1.807, 2.05) is 0 Å². The molecular weight excluding hydrogens is 341 g/mol. The molecule has 1 amide bonds. The molecule has 146 valence electrons. The molecule has 0 radical (unpaired) electrons. The van der Waals surface area contributed by atoms with Crippen LogP contribution in [0.4, 0.5) is 15.8 Å². The number of carbonyl (C=O) groups excluding carboxylic acids is 1. The molecule has 0 atom stereocenters. The van der Waals surface area contributed by atoms with Gasteiger partial charge in [0.1, 0.15) is 5.82 Å². The van der Waals surface area contributed by atoms with Crippen molar-refractivity contribution in [2.45, 2.75) is 33.6 Å². The van der Waals surface area contributed by atoms with Crippen LogP contribution in [-0.4, -0.2) is 32.1 Å². The number of amides is 1. The maximum absolute atomic E-state index is 12.9. The molecule has 4 nitrogen and oxygen atoms in total. The fourth-order valence-corrected chi connectivity index (χ4v) is 3.03. The van der Waals surface area contributed by atoms with Crippen LogP contribution in [0.3, 0.4) is 0 Å². The highest BCUT2D eigenvalue weighted by Gasteiger charge is 2.06. The molecule has 0 aromatic heterocycles. The second-order valence-corrected chi connectivity index (χ2v) is 6.57. The van der Waals surface area contributed by atoms with Crippen LogP contribution in [0.15, 0.2) is 42.5 Å². The van der Waals surface area contributed by atoms with Gasteiger partial charge >= 0.3 is 0 Å². The Hall–Kier alpha value is -2.56. The molecule has 0 spiro atoms. The van der Waals surface area contributed by atoms with E-state index in [1.54, 1.807) is 12.1 Å². The molecule has 27 heavy (non-hydrogen) atoms. The molecule has 0 aliphatic rings. The van der Waals surface area contributed by atoms with Gasteiger partial charge in [0.05, 0.1) is 0 Å². The van der Waals surface area contributed by atoms with Crippen LogP contribution in [-0.2, 0) is 11.2 Å². The summed E-state index contributed by atoms with van der Waals surface area (Å²) in [4.78, 5) is 14.3. The van der Waals surface area contributed by atoms with Crippen LogP contribution in [0.1, 0.15) is 31.4 Å². The first-order valence-corrected chi connectivity index (χ1v) is 9.64. The molecule has 5 heteroatoms. The number of nitrogens with zero attached hydrogens (tertiary/aromatic N) is 1. The standard InChI is InChI=1S/C22H30FN3O/c1-4-26(5-2)20-10-11-21(17(3)16-20)24-15-13-22(27)25-14-12-18-6-8-19(23)9-7-18/h6-11,16,24H,4-5,12-15H2,1-3H3,(H,25,27). The van der Waals surface area contributed by atoms with Crippen LogP contribution in [0, 0.1) is 12.7 Å². The lowest BCUT2D eigenvalue weighted by Gasteiger charge is -2.22. The van der Waals surface area contributed by atoms with Gasteiger partial charge in [0.2, 0.25) is 5.91 Å². The summed E-state index contributed by atoms with van der Waals surface area (Å²) in [6.45, 7) is 9.51. The fourth-order valence-electron chi connectivity index (χ4n) is 3.03. The summed E-state index contributed by atoms with van der Waals surface area (Å²) in [5.41, 5.74) is 4.47. The van der Waals surface area contributed by atoms with Crippen molar-refractivity contribution < 1.29 is 9.18 Å². The van der Waals surface area contributed by atoms with Gasteiger partial charge in [-0.25, -0.2) is 4.39 Å². The molecule has 0 heterocycles. The summed E-state index contributed by atoms with van der Waals surface area (Å²) in [7, 11) is 0. The first kappa shape index (κ1) is 20.7. The molecule has 0 unspecified atom stereocenters. The van der Waals surface area contributed by atoms with E-state index in [-0.39, 0.29) is 11.7 Å². The summed E-state index contributed by atoms with van der Waals surface area (Å²) in [6.07, 6.45) is 1.12. The van der Waals surface area contributed by atoms with E-state index in [9.17, 15) is 9.18 Å². The molecule has 0 saturated carbocycles. The predicted octanol–water partition coefficient (Wildman–Crippen LogP) is 4.14. The van der Waals surface area contributed by atoms with Crippen molar-refractivity contribution in [2.24, 2.45) is 0 Å². The van der Waals surface area contributed by atoms with Gasteiger partial charge in [-0.3, -0.25) is 4.79 Å². The summed E-state index contributed by atoms with van der Waals surface area (Å²) < 4.78 is 12.9. The average Bonchev–Trinajstić information content (AvgIpc) is 2.66. The van der Waals surface area contributed by atoms with Gasteiger partial charge in [0, 0.05) is 44.0 Å². The monoisotopic (exact) mass is 371 g/mol. The quantitative estimate of drug-likeness (QED) is 0.660. The van der Waals surface area contributed by atoms with Crippen LogP contribution in [0.2, 0.25) is 0 Å². The van der Waals surface area contributed by atoms with Crippen molar-refractivity contribution in [3.05, 3.63) is 59.4 Å². The van der Waals surface area contributed by atoms with E-state index >= 15 is 0 Å². The van der Waals surface area contributed by atoms with Gasteiger partial charge in [-0.2, -0.15) is 0 Å². The van der Waals surface area contributed by atoms with Crippen molar-refractivity contribution in [3.63, 3.8) is 0 Å². The smallest absolute Gasteiger partial charge is 0.221 e. The highest BCUT2D eigenvalue weighted by Crippen LogP contribution is 2.22. The molecule has 0 bridgehead atoms. The molecule has 0 aliphatic carbocycles. The number of rotatable bonds is 10. The number of halogens is 1. The molecule has 2 rings (SSSR count). The first-order chi connectivity index (χ1) is 13.0. The van der Waals surface area contributed by atoms with Crippen molar-refractivity contribution in [1.82, 2.24) is 5.32 Å². The zero-order chi connectivity index (χ0) is 19.6. The Morgan fingerprint density at radius 3 is 2.37 bits per heavy atom. The lowest BCUT2D eigenvalue weighted by molar-refractivity contribution is -0.120. The van der Waals surface area contributed by atoms with Crippen LogP contribution in [0.25, 0.3) is 0 Å². The molecule has 0 fully saturated rings. The molecule has 2 N–H and O–H groups in total. The number of hydrogen-bond acceptors (Lipinski definition) is 3. The van der Waals surface area contributed by atoms with E-state index in [4.69, 9.17) is 0 Å². The second kappa shape index (κ2) is 10.6. The van der Waals surface area contributed by atoms with Crippen molar-refractivity contribution in [1.29, 1.82) is 0 Å². The topological polar surface area (TPSA) is 44.4 Å². The van der Waals surface area contributed by atoms with E-state index in [2.05, 4.69) is 54.5 Å². The Morgan fingerprint density at radius 1 is 1.04 bits per heavy atom. The molecule has 2 aromatic carbocycles. The van der Waals surface area contributed by atoms with Gasteiger partial charge < -0.3 is 15.5 Å². The number of aryl methyl sites for hydroxylation is 1. The van der Waals surface area contributed by atoms with Gasteiger partial charge in [-0.1, -0.05) is 12.1 Å². The number of carbonyl (C=O) groups is 1. The van der Waals surface area contributed by atoms with E-state index in [0.717, 1.165) is 24.3 Å². The summed E-state index contributed by atoms with van der Waals surface area (Å²) in [5.74, 6) is -0.226. The average molecular weight is 372 g/mol. The molecule has 0 aliphatic heterocycles. The summed E-state index contributed by atoms with van der Waals surface area (Å²) in [5, 5.41) is 6.25. The van der Waals surface area contributed by atoms with E-state index < -0.39 is 0 Å². The second-order valence-electron chi connectivity index (χ2n) is 6.57. The Bertz CT molecular complexity index is 727. The van der Waals surface area contributed by atoms with Crippen LogP contribution < -0.4 is 15.5 Å². The molecule has 2 aromatic rings. The van der Waals surface area contributed by atoms with Crippen LogP contribution >= 0.6 is 0 Å². The lowest BCUT2D eigenvalue weighted by Crippen LogP contribution is -2.27. The highest BCUT2D eigenvalue weighted by molar-refractivity contribution is 5.76. The van der Waals surface area contributed by atoms with Crippen molar-refractivity contribution in [3.8, 4) is 0 Å². The van der Waals surface area contributed by atoms with Gasteiger partial charge in [0.25, 0.3) is 0 Å². The third-order valence-electron chi connectivity index (χ3n) is 4.66. The zero-order valence-electron chi connectivity index (χ0n) is 16.5. The Morgan fingerprint density at radius 2 is 1.74 bits per heavy atom. The van der Waals surface area contributed by atoms with Gasteiger partial charge in [-0.15, -0.1) is 0 Å². The minimum absolute atomic E-state index is 0.0158. The largest absolute Gasteiger partial charge is 0.384 e. The van der Waals surface area contributed by atoms with E-state index in [1.165, 1.54) is 23.4 Å². The van der Waals surface area contributed by atoms with Crippen molar-refractivity contribution >= 4 is 17.3 Å². The minimum Gasteiger partial charge on any atom is -0.384 e. The zero-order valence-corrected chi connectivity index (χ0v) is 16.5. The lowest BCUT2D eigenvalue weighted by atomic mass is 10.1. The number of nitrogens with one attached hydrogen (secondary N) is 2. The third kappa shape index (κ3) is 6.59. The summed E-state index contributed by atoms with van der Waals surface area (Å²) in [6, 6.07) is 12.7. The van der Waals surface area contributed by atoms with Gasteiger partial charge in [-0.05, 0) is 68.7 Å². The molecule has 0 saturated heterocycles. The highest BCUT2D eigenvalue weighted by atomic mass is 19.1. The number of benzene rings is 2. The Balaban J connectivity index is 1.72. The first-order valence-electron chi connectivity index (χ1n) is 9.64. The number of hydrogen-bond donors (Lipinski definition) is 2. The number of anilines is 2. The summed E-state index contributed by atoms with van der Waals surface area (Å²) >= 11 is 0. The van der Waals surface area contributed by atoms with Crippen LogP contribution in [0.5, 0.6) is 0 Å². The maximum Gasteiger partial charge on any atom is 0.221 e. The maximum atomic E-state index is 12.9. The minimum atomic E-state index is -0.241. The fraction of sp³-hybridized carbons (Fsp3) is 0.409. The van der Waals surface area contributed by atoms with Crippen molar-refractivity contribution in [2.75, 3.05) is 36.4 Å². The third-order valence-corrected chi connectivity index (χ3v) is 4.66. The van der Waals surface area contributed by atoms with Gasteiger partial charge in [0.15, 0.2) is 0 Å². The predicted molar refractivity (Wildman–Crippen MR) is 111 cm³/mol. The van der Waals surface area contributed by atoms with E-state index in [0.29, 0.717) is 25.9 Å². The normalized spacial score (nSPS) is 10.5. The Labute approximate surface area is 161 Å². The Kier molecular flexibility index (Phi) is 8.11.